The standard InChI is InChI=1S/C11H17N3O2S2/c1-8-10(17-7-12-8)5-14(2)11(15)13-9-3-4-18(16)6-9/h7,9H,3-6H2,1-2H3,(H,13,15). The Balaban J connectivity index is 1.85. The van der Waals surface area contributed by atoms with Crippen LogP contribution in [0.15, 0.2) is 5.51 Å². The smallest absolute Gasteiger partial charge is 0.317 e. The molecule has 2 unspecified atom stereocenters. The maximum atomic E-state index is 11.9. The van der Waals surface area contributed by atoms with Crippen molar-refractivity contribution in [2.24, 2.45) is 0 Å². The maximum Gasteiger partial charge on any atom is 0.317 e. The van der Waals surface area contributed by atoms with E-state index in [2.05, 4.69) is 10.3 Å². The third-order valence-electron chi connectivity index (χ3n) is 2.98. The average molecular weight is 287 g/mol. The molecule has 0 aromatic carbocycles. The zero-order chi connectivity index (χ0) is 13.1. The molecule has 2 heterocycles. The lowest BCUT2D eigenvalue weighted by Gasteiger charge is -2.20. The Morgan fingerprint density at radius 2 is 2.50 bits per heavy atom. The van der Waals surface area contributed by atoms with Gasteiger partial charge in [-0.15, -0.1) is 11.3 Å². The summed E-state index contributed by atoms with van der Waals surface area (Å²) in [5, 5.41) is 2.92. The first-order chi connectivity index (χ1) is 8.56. The quantitative estimate of drug-likeness (QED) is 0.906. The molecule has 5 nitrogen and oxygen atoms in total. The Bertz CT molecular complexity index is 461. The van der Waals surface area contributed by atoms with Crippen LogP contribution in [-0.4, -0.2) is 44.7 Å². The summed E-state index contributed by atoms with van der Waals surface area (Å²) in [5.41, 5.74) is 2.76. The monoisotopic (exact) mass is 287 g/mol. The number of hydrogen-bond acceptors (Lipinski definition) is 4. The first-order valence-electron chi connectivity index (χ1n) is 5.82. The van der Waals surface area contributed by atoms with Crippen LogP contribution in [0.25, 0.3) is 0 Å². The highest BCUT2D eigenvalue weighted by atomic mass is 32.2. The van der Waals surface area contributed by atoms with Gasteiger partial charge in [-0.05, 0) is 13.3 Å². The number of nitrogens with one attached hydrogen (secondary N) is 1. The molecule has 2 amide bonds. The van der Waals surface area contributed by atoms with Crippen LogP contribution in [0.5, 0.6) is 0 Å². The SMILES string of the molecule is Cc1ncsc1CN(C)C(=O)NC1CCS(=O)C1. The van der Waals surface area contributed by atoms with E-state index in [4.69, 9.17) is 0 Å². The van der Waals surface area contributed by atoms with E-state index in [1.165, 1.54) is 0 Å². The number of hydrogen-bond donors (Lipinski definition) is 1. The Morgan fingerprint density at radius 1 is 1.72 bits per heavy atom. The highest BCUT2D eigenvalue weighted by molar-refractivity contribution is 7.85. The minimum absolute atomic E-state index is 0.0586. The van der Waals surface area contributed by atoms with Crippen molar-refractivity contribution in [3.8, 4) is 0 Å². The zero-order valence-corrected chi connectivity index (χ0v) is 12.1. The van der Waals surface area contributed by atoms with Gasteiger partial charge < -0.3 is 10.2 Å². The van der Waals surface area contributed by atoms with Crippen LogP contribution in [0, 0.1) is 6.92 Å². The van der Waals surface area contributed by atoms with Crippen molar-refractivity contribution in [3.05, 3.63) is 16.1 Å². The molecule has 1 fully saturated rings. The van der Waals surface area contributed by atoms with E-state index in [1.54, 1.807) is 28.8 Å². The third-order valence-corrected chi connectivity index (χ3v) is 5.37. The lowest BCUT2D eigenvalue weighted by atomic mass is 10.3. The summed E-state index contributed by atoms with van der Waals surface area (Å²) >= 11 is 1.56. The van der Waals surface area contributed by atoms with Crippen molar-refractivity contribution in [2.45, 2.75) is 25.9 Å². The molecule has 0 spiro atoms. The van der Waals surface area contributed by atoms with Crippen LogP contribution in [0.2, 0.25) is 0 Å². The van der Waals surface area contributed by atoms with E-state index < -0.39 is 10.8 Å². The number of aryl methyl sites for hydroxylation is 1. The number of amides is 2. The van der Waals surface area contributed by atoms with Crippen LogP contribution in [0.3, 0.4) is 0 Å². The first-order valence-corrected chi connectivity index (χ1v) is 8.18. The number of rotatable bonds is 3. The normalized spacial score (nSPS) is 23.0. The summed E-state index contributed by atoms with van der Waals surface area (Å²) in [4.78, 5) is 18.8. The van der Waals surface area contributed by atoms with Gasteiger partial charge in [0.2, 0.25) is 0 Å². The number of thiazole rings is 1. The second-order valence-electron chi connectivity index (χ2n) is 4.46. The molecule has 0 saturated carbocycles. The molecule has 2 atom stereocenters. The predicted molar refractivity (Wildman–Crippen MR) is 73.1 cm³/mol. The van der Waals surface area contributed by atoms with Crippen LogP contribution >= 0.6 is 11.3 Å². The largest absolute Gasteiger partial charge is 0.334 e. The fourth-order valence-corrected chi connectivity index (χ4v) is 4.07. The molecule has 2 rings (SSSR count). The minimum Gasteiger partial charge on any atom is -0.334 e. The second-order valence-corrected chi connectivity index (χ2v) is 7.02. The lowest BCUT2D eigenvalue weighted by Crippen LogP contribution is -2.43. The molecule has 100 valence electrons. The molecule has 1 N–H and O–H groups in total. The molecular weight excluding hydrogens is 270 g/mol. The fraction of sp³-hybridized carbons (Fsp3) is 0.636. The van der Waals surface area contributed by atoms with Gasteiger partial charge in [0.25, 0.3) is 0 Å². The Labute approximate surface area is 113 Å². The van der Waals surface area contributed by atoms with Crippen molar-refractivity contribution < 1.29 is 9.00 Å². The molecule has 1 aliphatic heterocycles. The van der Waals surface area contributed by atoms with E-state index in [9.17, 15) is 9.00 Å². The van der Waals surface area contributed by atoms with E-state index in [0.29, 0.717) is 18.1 Å². The van der Waals surface area contributed by atoms with Crippen molar-refractivity contribution in [3.63, 3.8) is 0 Å². The summed E-state index contributed by atoms with van der Waals surface area (Å²) in [6.45, 7) is 2.51. The molecule has 0 radical (unpaired) electrons. The maximum absolute atomic E-state index is 11.9. The summed E-state index contributed by atoms with van der Waals surface area (Å²) in [6.07, 6.45) is 0.811. The zero-order valence-electron chi connectivity index (χ0n) is 10.5. The van der Waals surface area contributed by atoms with E-state index in [1.807, 2.05) is 6.92 Å². The van der Waals surface area contributed by atoms with Crippen LogP contribution in [0.4, 0.5) is 4.79 Å². The molecule has 1 saturated heterocycles. The summed E-state index contributed by atoms with van der Waals surface area (Å²) < 4.78 is 11.2. The molecule has 1 aromatic heterocycles. The van der Waals surface area contributed by atoms with Gasteiger partial charge >= 0.3 is 6.03 Å². The third kappa shape index (κ3) is 3.29. The van der Waals surface area contributed by atoms with Gasteiger partial charge in [-0.3, -0.25) is 4.21 Å². The van der Waals surface area contributed by atoms with Crippen molar-refractivity contribution in [2.75, 3.05) is 18.6 Å². The summed E-state index contributed by atoms with van der Waals surface area (Å²) in [5.74, 6) is 1.28. The van der Waals surface area contributed by atoms with Crippen LogP contribution in [-0.2, 0) is 17.3 Å². The first kappa shape index (κ1) is 13.5. The number of urea groups is 1. The van der Waals surface area contributed by atoms with Gasteiger partial charge in [0.1, 0.15) is 0 Å². The van der Waals surface area contributed by atoms with Gasteiger partial charge in [0.05, 0.1) is 17.7 Å². The van der Waals surface area contributed by atoms with Gasteiger partial charge in [0, 0.05) is 40.3 Å². The van der Waals surface area contributed by atoms with Gasteiger partial charge in [0.15, 0.2) is 0 Å². The van der Waals surface area contributed by atoms with E-state index in [-0.39, 0.29) is 12.1 Å². The number of nitrogens with zero attached hydrogens (tertiary/aromatic N) is 2. The minimum atomic E-state index is -0.759. The van der Waals surface area contributed by atoms with Gasteiger partial charge in [-0.25, -0.2) is 9.78 Å². The van der Waals surface area contributed by atoms with Crippen LogP contribution in [0.1, 0.15) is 17.0 Å². The summed E-state index contributed by atoms with van der Waals surface area (Å²) in [6, 6.07) is -0.0463. The fourth-order valence-electron chi connectivity index (χ4n) is 1.83. The summed E-state index contributed by atoms with van der Waals surface area (Å²) in [7, 11) is 1.01. The van der Waals surface area contributed by atoms with Crippen molar-refractivity contribution in [1.82, 2.24) is 15.2 Å². The molecular formula is C11H17N3O2S2. The Morgan fingerprint density at radius 3 is 3.06 bits per heavy atom. The van der Waals surface area contributed by atoms with E-state index in [0.717, 1.165) is 17.0 Å². The highest BCUT2D eigenvalue weighted by Crippen LogP contribution is 2.14. The molecule has 7 heteroatoms. The number of carbonyl (C=O) groups is 1. The molecule has 1 aliphatic rings. The molecule has 18 heavy (non-hydrogen) atoms. The molecule has 1 aromatic rings. The second kappa shape index (κ2) is 5.79. The molecule has 0 bridgehead atoms. The predicted octanol–water partition coefficient (Wildman–Crippen LogP) is 1.11. The van der Waals surface area contributed by atoms with Crippen molar-refractivity contribution in [1.29, 1.82) is 0 Å². The van der Waals surface area contributed by atoms with Gasteiger partial charge in [-0.2, -0.15) is 0 Å². The average Bonchev–Trinajstić information content (AvgIpc) is 2.89. The Hall–Kier alpha value is -0.950. The lowest BCUT2D eigenvalue weighted by molar-refractivity contribution is 0.204. The van der Waals surface area contributed by atoms with Gasteiger partial charge in [-0.1, -0.05) is 0 Å². The topological polar surface area (TPSA) is 62.3 Å². The number of aromatic nitrogens is 1. The van der Waals surface area contributed by atoms with Crippen LogP contribution < -0.4 is 5.32 Å². The van der Waals surface area contributed by atoms with Crippen molar-refractivity contribution >= 4 is 28.2 Å². The highest BCUT2D eigenvalue weighted by Gasteiger charge is 2.24. The molecule has 0 aliphatic carbocycles. The number of carbonyl (C=O) groups excluding carboxylic acids is 1. The van der Waals surface area contributed by atoms with E-state index >= 15 is 0 Å². The Kier molecular flexibility index (Phi) is 4.34.